The fourth-order valence-electron chi connectivity index (χ4n) is 1.33. The van der Waals surface area contributed by atoms with Gasteiger partial charge in [-0.05, 0) is 23.3 Å². The molecule has 0 amide bonds. The highest BCUT2D eigenvalue weighted by Crippen LogP contribution is 2.17. The fourth-order valence-corrected chi connectivity index (χ4v) is 2.46. The quantitative estimate of drug-likeness (QED) is 0.728. The van der Waals surface area contributed by atoms with Crippen molar-refractivity contribution in [2.75, 3.05) is 5.75 Å². The second kappa shape index (κ2) is 6.91. The third-order valence-electron chi connectivity index (χ3n) is 2.24. The third-order valence-corrected chi connectivity index (χ3v) is 3.33. The van der Waals surface area contributed by atoms with Crippen LogP contribution in [-0.4, -0.2) is 5.75 Å². The van der Waals surface area contributed by atoms with E-state index in [1.807, 2.05) is 11.8 Å². The van der Waals surface area contributed by atoms with Crippen molar-refractivity contribution in [3.8, 4) is 0 Å². The van der Waals surface area contributed by atoms with Gasteiger partial charge in [0.15, 0.2) is 0 Å². The molecule has 0 unspecified atom stereocenters. The van der Waals surface area contributed by atoms with E-state index in [-0.39, 0.29) is 0 Å². The Hall–Kier alpha value is -0.470. The predicted octanol–water partition coefficient (Wildman–Crippen LogP) is 3.18. The van der Waals surface area contributed by atoms with Crippen LogP contribution in [0, 0.1) is 0 Å². The summed E-state index contributed by atoms with van der Waals surface area (Å²) in [4.78, 5) is 0. The van der Waals surface area contributed by atoms with E-state index in [1.54, 1.807) is 0 Å². The first-order valence-electron chi connectivity index (χ1n) is 5.23. The van der Waals surface area contributed by atoms with E-state index in [2.05, 4.69) is 31.2 Å². The summed E-state index contributed by atoms with van der Waals surface area (Å²) in [5.41, 5.74) is 8.36. The molecule has 0 aliphatic carbocycles. The number of hydrogen-bond acceptors (Lipinski definition) is 2. The standard InChI is InChI=1S/C12H19NS/c1-2-3-8-14-10-12-7-5-4-6-11(12)9-13/h4-7H,2-3,8-10,13H2,1H3. The summed E-state index contributed by atoms with van der Waals surface area (Å²) in [7, 11) is 0. The lowest BCUT2D eigenvalue weighted by atomic mass is 10.1. The number of hydrogen-bond donors (Lipinski definition) is 1. The molecule has 0 aliphatic rings. The minimum atomic E-state index is 0.657. The molecule has 78 valence electrons. The summed E-state index contributed by atoms with van der Waals surface area (Å²) in [5.74, 6) is 2.36. The second-order valence-corrected chi connectivity index (χ2v) is 4.48. The zero-order valence-corrected chi connectivity index (χ0v) is 9.65. The molecule has 0 aromatic heterocycles. The fraction of sp³-hybridized carbons (Fsp3) is 0.500. The number of rotatable bonds is 6. The first kappa shape index (κ1) is 11.6. The molecule has 0 fully saturated rings. The average molecular weight is 209 g/mol. The van der Waals surface area contributed by atoms with Crippen molar-refractivity contribution in [2.24, 2.45) is 5.73 Å². The summed E-state index contributed by atoms with van der Waals surface area (Å²) in [6, 6.07) is 8.45. The maximum absolute atomic E-state index is 5.67. The highest BCUT2D eigenvalue weighted by Gasteiger charge is 1.99. The average Bonchev–Trinajstić information content (AvgIpc) is 2.25. The number of nitrogens with two attached hydrogens (primary N) is 1. The molecule has 0 spiro atoms. The Bertz CT molecular complexity index is 260. The van der Waals surface area contributed by atoms with Gasteiger partial charge in [-0.3, -0.25) is 0 Å². The van der Waals surface area contributed by atoms with Gasteiger partial charge in [0, 0.05) is 12.3 Å². The SMILES string of the molecule is CCCCSCc1ccccc1CN. The van der Waals surface area contributed by atoms with Crippen LogP contribution in [0.15, 0.2) is 24.3 Å². The summed E-state index contributed by atoms with van der Waals surface area (Å²) in [5, 5.41) is 0. The van der Waals surface area contributed by atoms with E-state index in [9.17, 15) is 0 Å². The van der Waals surface area contributed by atoms with Crippen molar-refractivity contribution >= 4 is 11.8 Å². The van der Waals surface area contributed by atoms with Crippen LogP contribution in [-0.2, 0) is 12.3 Å². The topological polar surface area (TPSA) is 26.0 Å². The Labute approximate surface area is 91.1 Å². The van der Waals surface area contributed by atoms with Crippen LogP contribution in [0.4, 0.5) is 0 Å². The van der Waals surface area contributed by atoms with Crippen LogP contribution in [0.25, 0.3) is 0 Å². The Morgan fingerprint density at radius 2 is 1.93 bits per heavy atom. The van der Waals surface area contributed by atoms with Crippen LogP contribution in [0.2, 0.25) is 0 Å². The Morgan fingerprint density at radius 3 is 2.57 bits per heavy atom. The van der Waals surface area contributed by atoms with Crippen LogP contribution in [0.1, 0.15) is 30.9 Å². The zero-order valence-electron chi connectivity index (χ0n) is 8.83. The van der Waals surface area contributed by atoms with E-state index in [1.165, 1.54) is 29.7 Å². The number of benzene rings is 1. The first-order valence-corrected chi connectivity index (χ1v) is 6.38. The lowest BCUT2D eigenvalue weighted by molar-refractivity contribution is 0.896. The first-order chi connectivity index (χ1) is 6.88. The maximum atomic E-state index is 5.67. The molecular weight excluding hydrogens is 190 g/mol. The van der Waals surface area contributed by atoms with Crippen molar-refractivity contribution < 1.29 is 0 Å². The van der Waals surface area contributed by atoms with E-state index >= 15 is 0 Å². The molecule has 0 heterocycles. The van der Waals surface area contributed by atoms with Gasteiger partial charge in [-0.15, -0.1) is 0 Å². The van der Waals surface area contributed by atoms with Gasteiger partial charge in [0.2, 0.25) is 0 Å². The molecule has 0 saturated heterocycles. The van der Waals surface area contributed by atoms with Crippen molar-refractivity contribution in [2.45, 2.75) is 32.1 Å². The molecule has 0 atom stereocenters. The monoisotopic (exact) mass is 209 g/mol. The van der Waals surface area contributed by atoms with Gasteiger partial charge >= 0.3 is 0 Å². The van der Waals surface area contributed by atoms with Gasteiger partial charge in [0.1, 0.15) is 0 Å². The van der Waals surface area contributed by atoms with Gasteiger partial charge in [0.05, 0.1) is 0 Å². The van der Waals surface area contributed by atoms with Crippen molar-refractivity contribution in [3.63, 3.8) is 0 Å². The lowest BCUT2D eigenvalue weighted by Crippen LogP contribution is -2.00. The van der Waals surface area contributed by atoms with Crippen LogP contribution in [0.3, 0.4) is 0 Å². The molecule has 1 aromatic carbocycles. The van der Waals surface area contributed by atoms with Crippen molar-refractivity contribution in [1.29, 1.82) is 0 Å². The second-order valence-electron chi connectivity index (χ2n) is 3.38. The van der Waals surface area contributed by atoms with Crippen LogP contribution < -0.4 is 5.73 Å². The maximum Gasteiger partial charge on any atom is 0.0187 e. The smallest absolute Gasteiger partial charge is 0.0187 e. The van der Waals surface area contributed by atoms with Crippen LogP contribution in [0.5, 0.6) is 0 Å². The highest BCUT2D eigenvalue weighted by atomic mass is 32.2. The molecule has 1 aromatic rings. The van der Waals surface area contributed by atoms with Crippen molar-refractivity contribution in [1.82, 2.24) is 0 Å². The van der Waals surface area contributed by atoms with E-state index in [0.717, 1.165) is 5.75 Å². The summed E-state index contributed by atoms with van der Waals surface area (Å²) >= 11 is 2.00. The Kier molecular flexibility index (Phi) is 5.72. The number of unbranched alkanes of at least 4 members (excludes halogenated alkanes) is 1. The normalized spacial score (nSPS) is 10.4. The lowest BCUT2D eigenvalue weighted by Gasteiger charge is -2.06. The van der Waals surface area contributed by atoms with Gasteiger partial charge in [-0.2, -0.15) is 11.8 Å². The van der Waals surface area contributed by atoms with Gasteiger partial charge in [-0.25, -0.2) is 0 Å². The van der Waals surface area contributed by atoms with E-state index < -0.39 is 0 Å². The molecule has 1 nitrogen and oxygen atoms in total. The van der Waals surface area contributed by atoms with E-state index in [4.69, 9.17) is 5.73 Å². The molecular formula is C12H19NS. The molecule has 0 radical (unpaired) electrons. The Morgan fingerprint density at radius 1 is 1.21 bits per heavy atom. The molecule has 0 saturated carbocycles. The summed E-state index contributed by atoms with van der Waals surface area (Å²) < 4.78 is 0. The molecule has 2 N–H and O–H groups in total. The van der Waals surface area contributed by atoms with Gasteiger partial charge < -0.3 is 5.73 Å². The molecule has 14 heavy (non-hydrogen) atoms. The largest absolute Gasteiger partial charge is 0.326 e. The highest BCUT2D eigenvalue weighted by molar-refractivity contribution is 7.98. The molecule has 1 rings (SSSR count). The predicted molar refractivity (Wildman–Crippen MR) is 65.4 cm³/mol. The third kappa shape index (κ3) is 3.72. The summed E-state index contributed by atoms with van der Waals surface area (Å²) in [6.45, 7) is 2.89. The van der Waals surface area contributed by atoms with E-state index in [0.29, 0.717) is 6.54 Å². The zero-order chi connectivity index (χ0) is 10.2. The minimum Gasteiger partial charge on any atom is -0.326 e. The number of thioether (sulfide) groups is 1. The molecule has 0 bridgehead atoms. The van der Waals surface area contributed by atoms with Gasteiger partial charge in [-0.1, -0.05) is 37.6 Å². The van der Waals surface area contributed by atoms with Crippen LogP contribution >= 0.6 is 11.8 Å². The van der Waals surface area contributed by atoms with Gasteiger partial charge in [0.25, 0.3) is 0 Å². The summed E-state index contributed by atoms with van der Waals surface area (Å²) in [6.07, 6.45) is 2.60. The molecule has 0 aliphatic heterocycles. The minimum absolute atomic E-state index is 0.657. The Balaban J connectivity index is 2.41. The van der Waals surface area contributed by atoms with Crippen molar-refractivity contribution in [3.05, 3.63) is 35.4 Å². The molecule has 2 heteroatoms.